The van der Waals surface area contributed by atoms with E-state index < -0.39 is 0 Å². The Morgan fingerprint density at radius 2 is 1.26 bits per heavy atom. The molecule has 0 saturated heterocycles. The Labute approximate surface area is 120 Å². The number of rotatable bonds is 15. The van der Waals surface area contributed by atoms with E-state index in [1.54, 1.807) is 0 Å². The normalized spacial score (nSPS) is 12.8. The Bertz CT molecular complexity index is 159. The highest BCUT2D eigenvalue weighted by molar-refractivity contribution is 4.56. The third-order valence-corrected chi connectivity index (χ3v) is 3.69. The van der Waals surface area contributed by atoms with Crippen LogP contribution < -0.4 is 0 Å². The molecule has 0 aromatic carbocycles. The zero-order valence-electron chi connectivity index (χ0n) is 13.3. The molecule has 0 heterocycles. The predicted octanol–water partition coefficient (Wildman–Crippen LogP) is 5.08. The number of hydrogen-bond acceptors (Lipinski definition) is 2. The molecule has 0 fully saturated rings. The van der Waals surface area contributed by atoms with Crippen LogP contribution in [0.3, 0.4) is 0 Å². The first-order valence-corrected chi connectivity index (χ1v) is 8.57. The van der Waals surface area contributed by atoms with Crippen molar-refractivity contribution >= 4 is 0 Å². The van der Waals surface area contributed by atoms with Crippen molar-refractivity contribution in [1.29, 1.82) is 0 Å². The highest BCUT2D eigenvalue weighted by Gasteiger charge is 2.03. The molecule has 2 heteroatoms. The Morgan fingerprint density at radius 3 is 1.79 bits per heavy atom. The van der Waals surface area contributed by atoms with Crippen molar-refractivity contribution in [3.8, 4) is 0 Å². The maximum Gasteiger partial charge on any atom is 0.0562 e. The summed E-state index contributed by atoms with van der Waals surface area (Å²) >= 11 is 0. The van der Waals surface area contributed by atoms with Gasteiger partial charge >= 0.3 is 0 Å². The standard InChI is InChI=1S/C17H36O2/c1-3-5-6-7-8-9-10-11-12-13-14-17(18)15-16-19-4-2/h17-18H,3-16H2,1-2H3. The van der Waals surface area contributed by atoms with Gasteiger partial charge in [-0.1, -0.05) is 71.1 Å². The van der Waals surface area contributed by atoms with E-state index in [0.717, 1.165) is 19.4 Å². The molecule has 19 heavy (non-hydrogen) atoms. The van der Waals surface area contributed by atoms with E-state index in [-0.39, 0.29) is 6.10 Å². The molecule has 116 valence electrons. The van der Waals surface area contributed by atoms with Gasteiger partial charge in [0.2, 0.25) is 0 Å². The summed E-state index contributed by atoms with van der Waals surface area (Å²) in [6.07, 6.45) is 15.2. The lowest BCUT2D eigenvalue weighted by atomic mass is 10.0. The zero-order valence-corrected chi connectivity index (χ0v) is 13.3. The Balaban J connectivity index is 3.05. The monoisotopic (exact) mass is 272 g/mol. The molecule has 1 N–H and O–H groups in total. The van der Waals surface area contributed by atoms with Gasteiger partial charge in [-0.15, -0.1) is 0 Å². The molecule has 0 aromatic heterocycles. The minimum absolute atomic E-state index is 0.152. The summed E-state index contributed by atoms with van der Waals surface area (Å²) in [6.45, 7) is 5.72. The van der Waals surface area contributed by atoms with Crippen LogP contribution in [0.15, 0.2) is 0 Å². The smallest absolute Gasteiger partial charge is 0.0562 e. The Morgan fingerprint density at radius 1 is 0.737 bits per heavy atom. The molecular weight excluding hydrogens is 236 g/mol. The van der Waals surface area contributed by atoms with Crippen molar-refractivity contribution in [2.45, 2.75) is 97.0 Å². The molecule has 0 spiro atoms. The van der Waals surface area contributed by atoms with E-state index in [1.165, 1.54) is 64.2 Å². The van der Waals surface area contributed by atoms with Crippen LogP contribution in [0.25, 0.3) is 0 Å². The second kappa shape index (κ2) is 16.0. The van der Waals surface area contributed by atoms with Crippen molar-refractivity contribution < 1.29 is 9.84 Å². The van der Waals surface area contributed by atoms with Crippen molar-refractivity contribution in [3.63, 3.8) is 0 Å². The predicted molar refractivity (Wildman–Crippen MR) is 83.6 cm³/mol. The molecule has 2 nitrogen and oxygen atoms in total. The summed E-state index contributed by atoms with van der Waals surface area (Å²) in [4.78, 5) is 0. The Kier molecular flexibility index (Phi) is 15.9. The molecule has 0 amide bonds. The first-order chi connectivity index (χ1) is 9.31. The number of ether oxygens (including phenoxy) is 1. The van der Waals surface area contributed by atoms with Gasteiger partial charge in [-0.05, 0) is 19.8 Å². The SMILES string of the molecule is CCCCCCCCCCCCC(O)CCOCC. The van der Waals surface area contributed by atoms with Gasteiger partial charge < -0.3 is 9.84 Å². The lowest BCUT2D eigenvalue weighted by Crippen LogP contribution is -2.10. The summed E-state index contributed by atoms with van der Waals surface area (Å²) in [5.41, 5.74) is 0. The van der Waals surface area contributed by atoms with Crippen molar-refractivity contribution in [1.82, 2.24) is 0 Å². The van der Waals surface area contributed by atoms with Gasteiger partial charge in [0.05, 0.1) is 6.10 Å². The largest absolute Gasteiger partial charge is 0.393 e. The number of aliphatic hydroxyl groups is 1. The highest BCUT2D eigenvalue weighted by atomic mass is 16.5. The molecule has 0 bridgehead atoms. The van der Waals surface area contributed by atoms with Crippen LogP contribution in [0.4, 0.5) is 0 Å². The van der Waals surface area contributed by atoms with Crippen LogP contribution in [0.1, 0.15) is 90.9 Å². The minimum atomic E-state index is -0.152. The molecule has 0 rings (SSSR count). The molecule has 1 atom stereocenters. The maximum atomic E-state index is 9.72. The second-order valence-corrected chi connectivity index (χ2v) is 5.61. The fourth-order valence-electron chi connectivity index (χ4n) is 2.38. The van der Waals surface area contributed by atoms with E-state index in [1.807, 2.05) is 6.92 Å². The van der Waals surface area contributed by atoms with E-state index in [0.29, 0.717) is 6.61 Å². The van der Waals surface area contributed by atoms with Crippen LogP contribution >= 0.6 is 0 Å². The fourth-order valence-corrected chi connectivity index (χ4v) is 2.38. The number of hydrogen-bond donors (Lipinski definition) is 1. The van der Waals surface area contributed by atoms with E-state index in [2.05, 4.69) is 6.92 Å². The van der Waals surface area contributed by atoms with Crippen LogP contribution in [0.5, 0.6) is 0 Å². The average molecular weight is 272 g/mol. The Hall–Kier alpha value is -0.0800. The van der Waals surface area contributed by atoms with Gasteiger partial charge in [0.1, 0.15) is 0 Å². The lowest BCUT2D eigenvalue weighted by molar-refractivity contribution is 0.0828. The number of unbranched alkanes of at least 4 members (excludes halogenated alkanes) is 9. The second-order valence-electron chi connectivity index (χ2n) is 5.61. The van der Waals surface area contributed by atoms with Crippen molar-refractivity contribution in [2.24, 2.45) is 0 Å². The summed E-state index contributed by atoms with van der Waals surface area (Å²) in [7, 11) is 0. The van der Waals surface area contributed by atoms with Gasteiger partial charge in [0.15, 0.2) is 0 Å². The first-order valence-electron chi connectivity index (χ1n) is 8.57. The van der Waals surface area contributed by atoms with Gasteiger partial charge in [0, 0.05) is 13.2 Å². The third kappa shape index (κ3) is 15.9. The van der Waals surface area contributed by atoms with Gasteiger partial charge in [-0.2, -0.15) is 0 Å². The van der Waals surface area contributed by atoms with Crippen LogP contribution in [0.2, 0.25) is 0 Å². The molecule has 1 unspecified atom stereocenters. The van der Waals surface area contributed by atoms with Crippen molar-refractivity contribution in [2.75, 3.05) is 13.2 Å². The van der Waals surface area contributed by atoms with E-state index >= 15 is 0 Å². The summed E-state index contributed by atoms with van der Waals surface area (Å²) in [5, 5.41) is 9.72. The minimum Gasteiger partial charge on any atom is -0.393 e. The summed E-state index contributed by atoms with van der Waals surface area (Å²) in [6, 6.07) is 0. The van der Waals surface area contributed by atoms with Crippen LogP contribution in [-0.4, -0.2) is 24.4 Å². The molecule has 0 aliphatic rings. The van der Waals surface area contributed by atoms with Gasteiger partial charge in [-0.3, -0.25) is 0 Å². The highest BCUT2D eigenvalue weighted by Crippen LogP contribution is 2.12. The summed E-state index contributed by atoms with van der Waals surface area (Å²) < 4.78 is 5.24. The zero-order chi connectivity index (χ0) is 14.2. The van der Waals surface area contributed by atoms with Crippen LogP contribution in [0, 0.1) is 0 Å². The topological polar surface area (TPSA) is 29.5 Å². The summed E-state index contributed by atoms with van der Waals surface area (Å²) in [5.74, 6) is 0. The quantitative estimate of drug-likeness (QED) is 0.421. The fraction of sp³-hybridized carbons (Fsp3) is 1.00. The molecule has 0 saturated carbocycles. The maximum absolute atomic E-state index is 9.72. The van der Waals surface area contributed by atoms with Gasteiger partial charge in [-0.25, -0.2) is 0 Å². The third-order valence-electron chi connectivity index (χ3n) is 3.69. The molecule has 0 aliphatic heterocycles. The molecule has 0 aliphatic carbocycles. The average Bonchev–Trinajstić information content (AvgIpc) is 2.41. The molecule has 0 radical (unpaired) electrons. The van der Waals surface area contributed by atoms with Crippen LogP contribution in [-0.2, 0) is 4.74 Å². The molecular formula is C17H36O2. The number of aliphatic hydroxyl groups excluding tert-OH is 1. The van der Waals surface area contributed by atoms with Crippen molar-refractivity contribution in [3.05, 3.63) is 0 Å². The first kappa shape index (κ1) is 18.9. The van der Waals surface area contributed by atoms with E-state index in [4.69, 9.17) is 4.74 Å². The van der Waals surface area contributed by atoms with E-state index in [9.17, 15) is 5.11 Å². The van der Waals surface area contributed by atoms with Gasteiger partial charge in [0.25, 0.3) is 0 Å². The lowest BCUT2D eigenvalue weighted by Gasteiger charge is -2.10. The molecule has 0 aromatic rings.